The second-order valence-electron chi connectivity index (χ2n) is 24.2. The zero-order chi connectivity index (χ0) is 50.0. The molecule has 71 heavy (non-hydrogen) atoms. The quantitative estimate of drug-likeness (QED) is 0.126. The fraction of sp³-hybridized carbons (Fsp3) is 0.314. The van der Waals surface area contributed by atoms with Crippen LogP contribution in [0.15, 0.2) is 164 Å². The van der Waals surface area contributed by atoms with Gasteiger partial charge in [-0.1, -0.05) is 20.8 Å². The molecule has 3 aliphatic rings. The molecule has 3 aliphatic carbocycles. The van der Waals surface area contributed by atoms with Gasteiger partial charge in [0.05, 0.1) is 0 Å². The van der Waals surface area contributed by atoms with Crippen LogP contribution in [0.2, 0.25) is 0 Å². The number of fused-ring (bicyclic) bond motifs is 9. The van der Waals surface area contributed by atoms with Crippen molar-refractivity contribution in [3.8, 4) is 44.5 Å². The monoisotopic (exact) mass is 989 g/mol. The number of rotatable bonds is 9. The molecule has 0 aliphatic heterocycles. The van der Waals surface area contributed by atoms with E-state index in [2.05, 4.69) is 254 Å². The fourth-order valence-electron chi connectivity index (χ4n) is 14.1. The molecule has 0 nitrogen and oxygen atoms in total. The SMILES string of the molecule is CCC1(CC)c2cc(C)ccc2-c2cc[c]([Ge]([c]3ccccc3)([c]3ccccc3)[c]3ccc4c(c3)C(CC)(CC)c3cc(-c5cc(C(C)(C)C)cc6c5-c5ccc(C(C)(C)C)cc5C6(C)C)ccc3-4)cc21. The zero-order valence-corrected chi connectivity index (χ0v) is 47.0. The molecule has 0 radical (unpaired) electrons. The van der Waals surface area contributed by atoms with Crippen LogP contribution in [0.1, 0.15) is 159 Å². The maximum atomic E-state index is 2.74. The third-order valence-corrected chi connectivity index (χ3v) is 28.4. The van der Waals surface area contributed by atoms with Crippen LogP contribution < -0.4 is 17.6 Å². The molecule has 1 heteroatoms. The molecule has 0 amide bonds. The van der Waals surface area contributed by atoms with Crippen LogP contribution in [-0.4, -0.2) is 13.3 Å². The van der Waals surface area contributed by atoms with Crippen molar-refractivity contribution in [3.63, 3.8) is 0 Å². The molecular formula is C70H74Ge. The first-order valence-corrected chi connectivity index (χ1v) is 31.1. The van der Waals surface area contributed by atoms with Crippen LogP contribution in [0.25, 0.3) is 44.5 Å². The normalized spacial score (nSPS) is 15.7. The molecular weight excluding hydrogens is 913 g/mol. The second kappa shape index (κ2) is 16.7. The van der Waals surface area contributed by atoms with Crippen LogP contribution in [0.3, 0.4) is 0 Å². The summed E-state index contributed by atoms with van der Waals surface area (Å²) in [7, 11) is 0. The van der Waals surface area contributed by atoms with Gasteiger partial charge in [0.1, 0.15) is 0 Å². The van der Waals surface area contributed by atoms with Crippen molar-refractivity contribution in [1.82, 2.24) is 0 Å². The number of hydrogen-bond donors (Lipinski definition) is 0. The Kier molecular flexibility index (Phi) is 11.2. The summed E-state index contributed by atoms with van der Waals surface area (Å²) < 4.78 is 5.98. The molecule has 0 saturated carbocycles. The van der Waals surface area contributed by atoms with Crippen molar-refractivity contribution in [2.75, 3.05) is 0 Å². The molecule has 0 unspecified atom stereocenters. The van der Waals surface area contributed by atoms with Gasteiger partial charge >= 0.3 is 400 Å². The summed E-state index contributed by atoms with van der Waals surface area (Å²) in [5.74, 6) is 0. The minimum atomic E-state index is -3.77. The molecule has 8 aromatic carbocycles. The molecule has 8 aromatic rings. The van der Waals surface area contributed by atoms with Gasteiger partial charge in [0.2, 0.25) is 0 Å². The molecule has 11 rings (SSSR count). The average Bonchev–Trinajstić information content (AvgIpc) is 3.90. The first-order chi connectivity index (χ1) is 33.9. The molecule has 0 heterocycles. The molecule has 0 N–H and O–H groups in total. The van der Waals surface area contributed by atoms with Gasteiger partial charge in [-0.05, 0) is 11.0 Å². The van der Waals surface area contributed by atoms with Crippen LogP contribution in [0, 0.1) is 6.92 Å². The van der Waals surface area contributed by atoms with E-state index in [-0.39, 0.29) is 27.1 Å². The molecule has 358 valence electrons. The van der Waals surface area contributed by atoms with E-state index in [9.17, 15) is 0 Å². The number of aryl methyl sites for hydroxylation is 1. The van der Waals surface area contributed by atoms with E-state index in [0.717, 1.165) is 25.7 Å². The van der Waals surface area contributed by atoms with E-state index in [0.29, 0.717) is 0 Å². The Hall–Kier alpha value is -5.70. The second-order valence-corrected chi connectivity index (χ2v) is 32.2. The summed E-state index contributed by atoms with van der Waals surface area (Å²) in [5, 5.41) is 0. The molecule has 0 saturated heterocycles. The third kappa shape index (κ3) is 6.82. The topological polar surface area (TPSA) is 0 Å². The third-order valence-electron chi connectivity index (χ3n) is 18.4. The van der Waals surface area contributed by atoms with Crippen LogP contribution in [0.4, 0.5) is 0 Å². The van der Waals surface area contributed by atoms with Gasteiger partial charge in [-0.25, -0.2) is 0 Å². The molecule has 0 aromatic heterocycles. The Morgan fingerprint density at radius 1 is 0.366 bits per heavy atom. The van der Waals surface area contributed by atoms with Gasteiger partial charge in [0.25, 0.3) is 0 Å². The fourth-order valence-corrected chi connectivity index (χ4v) is 24.1. The predicted molar refractivity (Wildman–Crippen MR) is 309 cm³/mol. The molecule has 0 fully saturated rings. The van der Waals surface area contributed by atoms with Crippen molar-refractivity contribution in [1.29, 1.82) is 0 Å². The van der Waals surface area contributed by atoms with Gasteiger partial charge in [0.15, 0.2) is 0 Å². The Labute approximate surface area is 429 Å². The van der Waals surface area contributed by atoms with Crippen LogP contribution in [-0.2, 0) is 27.1 Å². The Morgan fingerprint density at radius 3 is 1.30 bits per heavy atom. The van der Waals surface area contributed by atoms with Crippen molar-refractivity contribution in [2.45, 2.75) is 143 Å². The van der Waals surface area contributed by atoms with Gasteiger partial charge in [-0.15, -0.1) is 0 Å². The van der Waals surface area contributed by atoms with E-state index in [1.807, 2.05) is 0 Å². The summed E-state index contributed by atoms with van der Waals surface area (Å²) >= 11 is -3.77. The van der Waals surface area contributed by atoms with E-state index in [1.165, 1.54) is 112 Å². The summed E-state index contributed by atoms with van der Waals surface area (Å²) in [5.41, 5.74) is 24.0. The van der Waals surface area contributed by atoms with Crippen molar-refractivity contribution in [2.24, 2.45) is 0 Å². The molecule has 0 spiro atoms. The first-order valence-electron chi connectivity index (χ1n) is 26.9. The van der Waals surface area contributed by atoms with E-state index in [4.69, 9.17) is 0 Å². The predicted octanol–water partition coefficient (Wildman–Crippen LogP) is 16.1. The van der Waals surface area contributed by atoms with Crippen LogP contribution >= 0.6 is 0 Å². The summed E-state index contributed by atoms with van der Waals surface area (Å²) in [6.07, 6.45) is 4.22. The Morgan fingerprint density at radius 2 is 0.803 bits per heavy atom. The van der Waals surface area contributed by atoms with Gasteiger partial charge in [-0.2, -0.15) is 0 Å². The average molecular weight is 988 g/mol. The van der Waals surface area contributed by atoms with Crippen molar-refractivity contribution in [3.05, 3.63) is 214 Å². The van der Waals surface area contributed by atoms with Crippen LogP contribution in [0.5, 0.6) is 0 Å². The van der Waals surface area contributed by atoms with E-state index >= 15 is 0 Å². The molecule has 0 bridgehead atoms. The number of hydrogen-bond acceptors (Lipinski definition) is 0. The van der Waals surface area contributed by atoms with E-state index in [1.54, 1.807) is 0 Å². The summed E-state index contributed by atoms with van der Waals surface area (Å²) in [4.78, 5) is 0. The van der Waals surface area contributed by atoms with Gasteiger partial charge in [0, 0.05) is 0 Å². The Balaban J connectivity index is 1.14. The van der Waals surface area contributed by atoms with Gasteiger partial charge < -0.3 is 0 Å². The maximum absolute atomic E-state index is 3.77. The number of benzene rings is 8. The standard InChI is InChI=1S/C70H74Ge/c1-14-69(15-2)60-38-45(5)28-33-53(60)55-36-31-51(43-62(55)69)71(49-24-20-18-21-25-49,50-26-22-19-23-27-50)52-32-37-56-54-34-29-46(39-61(54)70(16-3,17-4)63(56)44-52)58-40-48(67(9,10)11)42-64-65(58)57-35-30-47(66(6,7)8)41-59(57)68(64,12)13/h18-44H,14-17H2,1-13H3. The summed E-state index contributed by atoms with van der Waals surface area (Å²) in [6, 6.07) is 66.3. The van der Waals surface area contributed by atoms with E-state index < -0.39 is 13.3 Å². The Bertz CT molecular complexity index is 3360. The van der Waals surface area contributed by atoms with Crippen molar-refractivity contribution >= 4 is 30.8 Å². The zero-order valence-electron chi connectivity index (χ0n) is 44.9. The van der Waals surface area contributed by atoms with Crippen molar-refractivity contribution < 1.29 is 0 Å². The first kappa shape index (κ1) is 47.6. The summed E-state index contributed by atoms with van der Waals surface area (Å²) in [6.45, 7) is 31.1. The minimum absolute atomic E-state index is 0.00313. The van der Waals surface area contributed by atoms with Gasteiger partial charge in [-0.3, -0.25) is 0 Å². The molecule has 0 atom stereocenters.